The molecule has 0 aromatic heterocycles. The van der Waals surface area contributed by atoms with Crippen molar-refractivity contribution in [3.8, 4) is 0 Å². The molecule has 0 aromatic carbocycles. The maximum absolute atomic E-state index is 13.3. The van der Waals surface area contributed by atoms with Gasteiger partial charge in [0, 0.05) is 44.7 Å². The van der Waals surface area contributed by atoms with Crippen molar-refractivity contribution in [1.82, 2.24) is 15.5 Å². The summed E-state index contributed by atoms with van der Waals surface area (Å²) in [6.07, 6.45) is 40.5. The molecule has 0 bridgehead atoms. The van der Waals surface area contributed by atoms with Crippen LogP contribution in [0.2, 0.25) is 0 Å². The van der Waals surface area contributed by atoms with Crippen LogP contribution in [0.5, 0.6) is 0 Å². The minimum Gasteiger partial charge on any atom is -0.390 e. The Morgan fingerprint density at radius 2 is 0.962 bits per heavy atom. The molecule has 0 saturated carbocycles. The highest BCUT2D eigenvalue weighted by atomic mass is 16.7. The van der Waals surface area contributed by atoms with E-state index in [0.29, 0.717) is 32.4 Å². The molecule has 0 unspecified atom stereocenters. The zero-order valence-corrected chi connectivity index (χ0v) is 49.5. The van der Waals surface area contributed by atoms with Gasteiger partial charge in [0.1, 0.15) is 30.5 Å². The van der Waals surface area contributed by atoms with Crippen molar-refractivity contribution < 1.29 is 58.9 Å². The summed E-state index contributed by atoms with van der Waals surface area (Å²) in [6.45, 7) is 4.97. The van der Waals surface area contributed by atoms with E-state index in [4.69, 9.17) is 14.2 Å². The third-order valence-corrected chi connectivity index (χ3v) is 15.9. The van der Waals surface area contributed by atoms with Crippen LogP contribution in [0.4, 0.5) is 0 Å². The number of imide groups is 1. The van der Waals surface area contributed by atoms with Gasteiger partial charge in [-0.1, -0.05) is 245 Å². The molecular weight excluding hydrogens is 991 g/mol. The number of aliphatic hydroxyl groups excluding tert-OH is 5. The lowest BCUT2D eigenvalue weighted by atomic mass is 9.98. The summed E-state index contributed by atoms with van der Waals surface area (Å²) in [4.78, 5) is 49.8. The van der Waals surface area contributed by atoms with E-state index in [1.165, 1.54) is 186 Å². The van der Waals surface area contributed by atoms with Gasteiger partial charge in [0.2, 0.25) is 11.8 Å². The van der Waals surface area contributed by atoms with E-state index in [9.17, 15) is 44.7 Å². The number of carbonyl (C=O) groups is 4. The Labute approximate surface area is 473 Å². The van der Waals surface area contributed by atoms with Crippen molar-refractivity contribution in [3.63, 3.8) is 0 Å². The van der Waals surface area contributed by atoms with Gasteiger partial charge in [-0.2, -0.15) is 0 Å². The standard InChI is InChI=1S/C63H117N3O12/c1-3-5-7-9-11-13-15-17-18-19-20-21-22-23-24-25-26-27-29-31-33-35-39-43-56(69)65-52(59(72)53(67)42-38-34-32-30-28-16-14-12-10-8-6-4-2)50-77-63-62(75)61(74)60(73)54(78-63)51-76-49-41-37-36-40-47-64-55(68)46-48-66-57(70)44-45-58(66)71/h44-45,52-54,59-63,67,72-75H,3-43,46-51H2,1-2H3,(H,64,68)(H,65,69)/t52-,53+,54+,59-,60-,61+,62-,63-/m0/s1. The minimum atomic E-state index is -1.62. The maximum Gasteiger partial charge on any atom is 0.253 e. The van der Waals surface area contributed by atoms with Crippen molar-refractivity contribution in [2.24, 2.45) is 0 Å². The number of rotatable bonds is 55. The lowest BCUT2D eigenvalue weighted by molar-refractivity contribution is -0.304. The molecule has 1 fully saturated rings. The summed E-state index contributed by atoms with van der Waals surface area (Å²) in [6, 6.07) is -1.01. The third-order valence-electron chi connectivity index (χ3n) is 15.9. The molecule has 15 nitrogen and oxygen atoms in total. The molecule has 2 aliphatic rings. The van der Waals surface area contributed by atoms with Crippen molar-refractivity contribution in [2.75, 3.05) is 32.9 Å². The molecule has 2 aliphatic heterocycles. The quantitative estimate of drug-likeness (QED) is 0.0223. The van der Waals surface area contributed by atoms with Crippen molar-refractivity contribution in [1.29, 1.82) is 0 Å². The second kappa shape index (κ2) is 49.1. The first-order valence-corrected chi connectivity index (χ1v) is 32.3. The molecule has 78 heavy (non-hydrogen) atoms. The van der Waals surface area contributed by atoms with E-state index in [0.717, 1.165) is 69.1 Å². The molecule has 0 aromatic rings. The van der Waals surface area contributed by atoms with Crippen molar-refractivity contribution >= 4 is 23.6 Å². The number of nitrogens with one attached hydrogen (secondary N) is 2. The predicted molar refractivity (Wildman–Crippen MR) is 312 cm³/mol. The highest BCUT2D eigenvalue weighted by Crippen LogP contribution is 2.24. The Bertz CT molecular complexity index is 1490. The van der Waals surface area contributed by atoms with Gasteiger partial charge in [-0.3, -0.25) is 24.1 Å². The Morgan fingerprint density at radius 3 is 1.44 bits per heavy atom. The van der Waals surface area contributed by atoms with Crippen LogP contribution in [0.15, 0.2) is 12.2 Å². The van der Waals surface area contributed by atoms with Crippen molar-refractivity contribution in [3.05, 3.63) is 12.2 Å². The van der Waals surface area contributed by atoms with Crippen LogP contribution in [0.1, 0.15) is 284 Å². The Kier molecular flexibility index (Phi) is 45.1. The number of carbonyl (C=O) groups excluding carboxylic acids is 4. The number of amides is 4. The summed E-state index contributed by atoms with van der Waals surface area (Å²) in [7, 11) is 0. The van der Waals surface area contributed by atoms with E-state index in [1.807, 2.05) is 0 Å². The van der Waals surface area contributed by atoms with Gasteiger partial charge < -0.3 is 50.4 Å². The van der Waals surface area contributed by atoms with Gasteiger partial charge in [0.05, 0.1) is 25.4 Å². The molecular formula is C63H117N3O12. The molecule has 0 spiro atoms. The summed E-state index contributed by atoms with van der Waals surface area (Å²) < 4.78 is 17.6. The lowest BCUT2D eigenvalue weighted by Crippen LogP contribution is -2.60. The number of hydrogen-bond acceptors (Lipinski definition) is 12. The molecule has 1 saturated heterocycles. The molecule has 456 valence electrons. The molecule has 15 heteroatoms. The first kappa shape index (κ1) is 71.6. The smallest absolute Gasteiger partial charge is 0.253 e. The largest absolute Gasteiger partial charge is 0.390 e. The van der Waals surface area contributed by atoms with E-state index >= 15 is 0 Å². The van der Waals surface area contributed by atoms with Gasteiger partial charge in [0.25, 0.3) is 11.8 Å². The van der Waals surface area contributed by atoms with Crippen LogP contribution >= 0.6 is 0 Å². The first-order valence-electron chi connectivity index (χ1n) is 32.3. The van der Waals surface area contributed by atoms with Gasteiger partial charge in [-0.05, 0) is 25.7 Å². The van der Waals surface area contributed by atoms with Crippen LogP contribution in [0.25, 0.3) is 0 Å². The van der Waals surface area contributed by atoms with Crippen molar-refractivity contribution in [2.45, 2.75) is 332 Å². The third kappa shape index (κ3) is 36.1. The normalized spacial score (nSPS) is 19.7. The van der Waals surface area contributed by atoms with Gasteiger partial charge in [-0.15, -0.1) is 0 Å². The topological polar surface area (TPSA) is 224 Å². The summed E-state index contributed by atoms with van der Waals surface area (Å²) in [5, 5.41) is 60.7. The second-order valence-corrected chi connectivity index (χ2v) is 23.0. The lowest BCUT2D eigenvalue weighted by Gasteiger charge is -2.40. The number of unbranched alkanes of at least 4 members (excludes halogenated alkanes) is 36. The molecule has 0 aliphatic carbocycles. The monoisotopic (exact) mass is 1110 g/mol. The van der Waals surface area contributed by atoms with Crippen LogP contribution in [-0.4, -0.2) is 136 Å². The molecule has 0 radical (unpaired) electrons. The number of ether oxygens (including phenoxy) is 3. The summed E-state index contributed by atoms with van der Waals surface area (Å²) in [5.41, 5.74) is 0. The number of nitrogens with zero attached hydrogens (tertiary/aromatic N) is 1. The first-order chi connectivity index (χ1) is 38.0. The second-order valence-electron chi connectivity index (χ2n) is 23.0. The zero-order valence-electron chi connectivity index (χ0n) is 49.5. The number of aliphatic hydroxyl groups is 5. The van der Waals surface area contributed by atoms with E-state index < -0.39 is 60.8 Å². The van der Waals surface area contributed by atoms with E-state index in [-0.39, 0.29) is 44.4 Å². The SMILES string of the molecule is CCCCCCCCCCCCCCCCCCCCCCCCCC(=O)N[C@@H](CO[C@H]1O[C@H](COCCCCCCNC(=O)CCN2C(=O)C=CC2=O)[C@H](O)[C@@H](O)[C@@H]1O)[C@H](O)[C@H](O)CCCCCCCCCCCCCC. The predicted octanol–water partition coefficient (Wildman–Crippen LogP) is 11.5. The van der Waals surface area contributed by atoms with Gasteiger partial charge >= 0.3 is 0 Å². The van der Waals surface area contributed by atoms with Gasteiger partial charge in [0.15, 0.2) is 6.29 Å². The molecule has 8 atom stereocenters. The Balaban J connectivity index is 1.70. The van der Waals surface area contributed by atoms with E-state index in [2.05, 4.69) is 24.5 Å². The summed E-state index contributed by atoms with van der Waals surface area (Å²) >= 11 is 0. The maximum atomic E-state index is 13.3. The van der Waals surface area contributed by atoms with E-state index in [1.54, 1.807) is 0 Å². The summed E-state index contributed by atoms with van der Waals surface area (Å²) in [5.74, 6) is -1.32. The fourth-order valence-electron chi connectivity index (χ4n) is 10.7. The highest BCUT2D eigenvalue weighted by Gasteiger charge is 2.45. The molecule has 4 amide bonds. The van der Waals surface area contributed by atoms with Crippen LogP contribution < -0.4 is 10.6 Å². The van der Waals surface area contributed by atoms with Crippen LogP contribution in [0, 0.1) is 0 Å². The van der Waals surface area contributed by atoms with Crippen LogP contribution in [-0.2, 0) is 33.4 Å². The Morgan fingerprint density at radius 1 is 0.538 bits per heavy atom. The zero-order chi connectivity index (χ0) is 56.7. The fraction of sp³-hybridized carbons (Fsp3) is 0.905. The van der Waals surface area contributed by atoms with Gasteiger partial charge in [-0.25, -0.2) is 0 Å². The minimum absolute atomic E-state index is 0.0429. The average Bonchev–Trinajstić information content (AvgIpc) is 3.76. The number of hydrogen-bond donors (Lipinski definition) is 7. The molecule has 7 N–H and O–H groups in total. The molecule has 2 heterocycles. The fourth-order valence-corrected chi connectivity index (χ4v) is 10.7. The highest BCUT2D eigenvalue weighted by molar-refractivity contribution is 6.13. The molecule has 2 rings (SSSR count). The average molecular weight is 1110 g/mol. The Hall–Kier alpha value is -2.50. The van der Waals surface area contributed by atoms with Crippen LogP contribution in [0.3, 0.4) is 0 Å².